The molecular formula is C13H13NO3. The normalized spacial score (nSPS) is 16.8. The van der Waals surface area contributed by atoms with Gasteiger partial charge in [-0.3, -0.25) is 0 Å². The van der Waals surface area contributed by atoms with E-state index >= 15 is 0 Å². The van der Waals surface area contributed by atoms with Crippen molar-refractivity contribution in [1.29, 1.82) is 0 Å². The molecule has 0 aliphatic carbocycles. The third kappa shape index (κ3) is 1.91. The minimum atomic E-state index is -0.443. The van der Waals surface area contributed by atoms with E-state index < -0.39 is 6.29 Å². The first-order chi connectivity index (χ1) is 8.38. The number of rotatable bonds is 2. The Morgan fingerprint density at radius 3 is 2.76 bits per heavy atom. The average molecular weight is 231 g/mol. The Labute approximate surface area is 98.8 Å². The maximum Gasteiger partial charge on any atom is 0.201 e. The van der Waals surface area contributed by atoms with Crippen LogP contribution >= 0.6 is 0 Å². The number of aliphatic hydroxyl groups is 1. The van der Waals surface area contributed by atoms with Crippen molar-refractivity contribution in [2.45, 2.75) is 12.9 Å². The fraction of sp³-hybridized carbons (Fsp3) is 0.308. The third-order valence-corrected chi connectivity index (χ3v) is 2.85. The number of aliphatic hydroxyl groups excluding tert-OH is 1. The molecule has 1 fully saturated rings. The van der Waals surface area contributed by atoms with E-state index in [1.807, 2.05) is 30.3 Å². The van der Waals surface area contributed by atoms with E-state index in [0.29, 0.717) is 18.9 Å². The number of hydrogen-bond donors (Lipinski definition) is 1. The summed E-state index contributed by atoms with van der Waals surface area (Å²) >= 11 is 0. The summed E-state index contributed by atoms with van der Waals surface area (Å²) in [4.78, 5) is 4.52. The first-order valence-corrected chi connectivity index (χ1v) is 5.61. The number of pyridine rings is 1. The monoisotopic (exact) mass is 231 g/mol. The zero-order valence-electron chi connectivity index (χ0n) is 9.30. The molecule has 1 aromatic heterocycles. The molecular weight excluding hydrogens is 218 g/mol. The molecule has 0 atom stereocenters. The van der Waals surface area contributed by atoms with Crippen molar-refractivity contribution in [2.75, 3.05) is 13.2 Å². The van der Waals surface area contributed by atoms with Crippen LogP contribution in [0.25, 0.3) is 10.9 Å². The van der Waals surface area contributed by atoms with Gasteiger partial charge in [0.25, 0.3) is 0 Å². The van der Waals surface area contributed by atoms with Crippen molar-refractivity contribution in [2.24, 2.45) is 0 Å². The van der Waals surface area contributed by atoms with Gasteiger partial charge in [0.05, 0.1) is 25.3 Å². The van der Waals surface area contributed by atoms with Crippen LogP contribution in [0.5, 0.6) is 0 Å². The molecule has 2 heterocycles. The van der Waals surface area contributed by atoms with Gasteiger partial charge in [0.1, 0.15) is 5.69 Å². The summed E-state index contributed by atoms with van der Waals surface area (Å²) in [5, 5.41) is 10.4. The Morgan fingerprint density at radius 2 is 2.00 bits per heavy atom. The van der Waals surface area contributed by atoms with Crippen LogP contribution in [0.3, 0.4) is 0 Å². The Kier molecular flexibility index (Phi) is 2.76. The lowest BCUT2D eigenvalue weighted by molar-refractivity contribution is -0.0483. The van der Waals surface area contributed by atoms with Gasteiger partial charge in [0, 0.05) is 10.9 Å². The molecule has 88 valence electrons. The summed E-state index contributed by atoms with van der Waals surface area (Å²) in [7, 11) is 0. The highest BCUT2D eigenvalue weighted by Gasteiger charge is 2.23. The Bertz CT molecular complexity index is 535. The summed E-state index contributed by atoms with van der Waals surface area (Å²) in [6.45, 7) is 1.09. The van der Waals surface area contributed by atoms with E-state index in [2.05, 4.69) is 4.98 Å². The highest BCUT2D eigenvalue weighted by molar-refractivity contribution is 5.79. The molecule has 3 rings (SSSR count). The molecule has 1 aromatic carbocycles. The molecule has 17 heavy (non-hydrogen) atoms. The highest BCUT2D eigenvalue weighted by atomic mass is 16.7. The van der Waals surface area contributed by atoms with E-state index in [9.17, 15) is 5.11 Å². The summed E-state index contributed by atoms with van der Waals surface area (Å²) in [5.41, 5.74) is 2.33. The molecule has 1 aliphatic heterocycles. The van der Waals surface area contributed by atoms with Crippen LogP contribution in [0.1, 0.15) is 17.5 Å². The number of hydrogen-bond acceptors (Lipinski definition) is 4. The molecule has 0 bridgehead atoms. The molecule has 1 N–H and O–H groups in total. The first-order valence-electron chi connectivity index (χ1n) is 5.61. The topological polar surface area (TPSA) is 51.6 Å². The molecule has 1 saturated heterocycles. The number of nitrogens with zero attached hydrogens (tertiary/aromatic N) is 1. The number of benzene rings is 1. The number of ether oxygens (including phenoxy) is 2. The van der Waals surface area contributed by atoms with E-state index in [1.165, 1.54) is 0 Å². The van der Waals surface area contributed by atoms with Crippen molar-refractivity contribution in [3.63, 3.8) is 0 Å². The van der Waals surface area contributed by atoms with Gasteiger partial charge in [0.15, 0.2) is 0 Å². The van der Waals surface area contributed by atoms with Crippen molar-refractivity contribution >= 4 is 10.9 Å². The SMILES string of the molecule is OCc1cc2ccccc2nc1C1OCCO1. The smallest absolute Gasteiger partial charge is 0.201 e. The van der Waals surface area contributed by atoms with Gasteiger partial charge in [-0.25, -0.2) is 4.98 Å². The van der Waals surface area contributed by atoms with Gasteiger partial charge in [-0.15, -0.1) is 0 Å². The largest absolute Gasteiger partial charge is 0.392 e. The zero-order chi connectivity index (χ0) is 11.7. The van der Waals surface area contributed by atoms with Gasteiger partial charge >= 0.3 is 0 Å². The van der Waals surface area contributed by atoms with Crippen LogP contribution in [-0.4, -0.2) is 23.3 Å². The molecule has 4 heteroatoms. The molecule has 0 unspecified atom stereocenters. The average Bonchev–Trinajstić information content (AvgIpc) is 2.91. The van der Waals surface area contributed by atoms with Gasteiger partial charge in [0.2, 0.25) is 6.29 Å². The van der Waals surface area contributed by atoms with E-state index in [-0.39, 0.29) is 6.61 Å². The van der Waals surface area contributed by atoms with Crippen LogP contribution < -0.4 is 0 Å². The second kappa shape index (κ2) is 4.41. The third-order valence-electron chi connectivity index (χ3n) is 2.85. The summed E-state index contributed by atoms with van der Waals surface area (Å²) < 4.78 is 10.9. The Balaban J connectivity index is 2.14. The van der Waals surface area contributed by atoms with Crippen molar-refractivity contribution < 1.29 is 14.6 Å². The van der Waals surface area contributed by atoms with Gasteiger partial charge in [-0.1, -0.05) is 18.2 Å². The second-order valence-corrected chi connectivity index (χ2v) is 3.96. The minimum Gasteiger partial charge on any atom is -0.392 e. The van der Waals surface area contributed by atoms with Gasteiger partial charge < -0.3 is 14.6 Å². The minimum absolute atomic E-state index is 0.0591. The van der Waals surface area contributed by atoms with Crippen molar-refractivity contribution in [3.05, 3.63) is 41.6 Å². The summed E-state index contributed by atoms with van der Waals surface area (Å²) in [6.07, 6.45) is -0.443. The van der Waals surface area contributed by atoms with Crippen LogP contribution in [0.2, 0.25) is 0 Å². The lowest BCUT2D eigenvalue weighted by Crippen LogP contribution is -2.06. The van der Waals surface area contributed by atoms with Gasteiger partial charge in [-0.05, 0) is 12.1 Å². The predicted octanol–water partition coefficient (Wildman–Crippen LogP) is 1.77. The van der Waals surface area contributed by atoms with E-state index in [1.54, 1.807) is 0 Å². The molecule has 2 aromatic rings. The predicted molar refractivity (Wildman–Crippen MR) is 62.3 cm³/mol. The maximum atomic E-state index is 9.39. The molecule has 0 saturated carbocycles. The Morgan fingerprint density at radius 1 is 1.24 bits per heavy atom. The lowest BCUT2D eigenvalue weighted by atomic mass is 10.1. The standard InChI is InChI=1S/C13H13NO3/c15-8-10-7-9-3-1-2-4-11(9)14-12(10)13-16-5-6-17-13/h1-4,7,13,15H,5-6,8H2. The quantitative estimate of drug-likeness (QED) is 0.855. The number of fused-ring (bicyclic) bond motifs is 1. The second-order valence-electron chi connectivity index (χ2n) is 3.96. The van der Waals surface area contributed by atoms with E-state index in [4.69, 9.17) is 9.47 Å². The van der Waals surface area contributed by atoms with Crippen LogP contribution in [0, 0.1) is 0 Å². The molecule has 0 spiro atoms. The van der Waals surface area contributed by atoms with Gasteiger partial charge in [-0.2, -0.15) is 0 Å². The molecule has 4 nitrogen and oxygen atoms in total. The summed E-state index contributed by atoms with van der Waals surface area (Å²) in [5.74, 6) is 0. The lowest BCUT2D eigenvalue weighted by Gasteiger charge is -2.13. The molecule has 0 radical (unpaired) electrons. The van der Waals surface area contributed by atoms with Crippen LogP contribution in [0.4, 0.5) is 0 Å². The number of para-hydroxylation sites is 1. The Hall–Kier alpha value is -1.49. The van der Waals surface area contributed by atoms with E-state index in [0.717, 1.165) is 16.5 Å². The molecule has 1 aliphatic rings. The number of aromatic nitrogens is 1. The van der Waals surface area contributed by atoms with Crippen LogP contribution in [0.15, 0.2) is 30.3 Å². The zero-order valence-corrected chi connectivity index (χ0v) is 9.30. The fourth-order valence-electron chi connectivity index (χ4n) is 2.02. The van der Waals surface area contributed by atoms with Crippen molar-refractivity contribution in [1.82, 2.24) is 4.98 Å². The maximum absolute atomic E-state index is 9.39. The van der Waals surface area contributed by atoms with Crippen molar-refractivity contribution in [3.8, 4) is 0 Å². The molecule has 0 amide bonds. The first kappa shape index (κ1) is 10.7. The highest BCUT2D eigenvalue weighted by Crippen LogP contribution is 2.27. The fourth-order valence-corrected chi connectivity index (χ4v) is 2.02. The summed E-state index contributed by atoms with van der Waals surface area (Å²) in [6, 6.07) is 9.74. The van der Waals surface area contributed by atoms with Crippen LogP contribution in [-0.2, 0) is 16.1 Å².